The smallest absolute Gasteiger partial charge is 0.269 e. The van der Waals surface area contributed by atoms with Crippen LogP contribution in [0.15, 0.2) is 72.9 Å². The number of aryl methyl sites for hydroxylation is 1. The van der Waals surface area contributed by atoms with E-state index in [2.05, 4.69) is 4.98 Å². The summed E-state index contributed by atoms with van der Waals surface area (Å²) in [5.41, 5.74) is 1.92. The van der Waals surface area contributed by atoms with E-state index in [4.69, 9.17) is 16.3 Å². The van der Waals surface area contributed by atoms with Crippen LogP contribution < -0.4 is 9.64 Å². The van der Waals surface area contributed by atoms with Crippen LogP contribution in [-0.4, -0.2) is 17.0 Å². The number of hydrogen-bond acceptors (Lipinski definition) is 3. The van der Waals surface area contributed by atoms with Crippen LogP contribution in [0.2, 0.25) is 5.02 Å². The summed E-state index contributed by atoms with van der Waals surface area (Å²) in [6, 6.07) is 20.7. The summed E-state index contributed by atoms with van der Waals surface area (Å²) in [7, 11) is 0. The Labute approximate surface area is 164 Å². The zero-order chi connectivity index (χ0) is 19.2. The van der Waals surface area contributed by atoms with Gasteiger partial charge in [-0.3, -0.25) is 9.69 Å². The third-order valence-electron chi connectivity index (χ3n) is 4.17. The Bertz CT molecular complexity index is 901. The van der Waals surface area contributed by atoms with Gasteiger partial charge in [0.2, 0.25) is 0 Å². The van der Waals surface area contributed by atoms with Crippen molar-refractivity contribution < 1.29 is 9.53 Å². The van der Waals surface area contributed by atoms with E-state index in [1.807, 2.05) is 61.5 Å². The summed E-state index contributed by atoms with van der Waals surface area (Å²) in [6.07, 6.45) is 1.01. The standard InChI is InChI=1S/C22H21ClN2O2/c1-16-14-19(11-12-20(16)23)27-17(2)22(26)25(21-10-6-7-13-24-21)15-18-8-4-3-5-9-18/h3-14,17H,15H2,1-2H3. The summed E-state index contributed by atoms with van der Waals surface area (Å²) in [4.78, 5) is 19.1. The number of benzene rings is 2. The molecule has 27 heavy (non-hydrogen) atoms. The average Bonchev–Trinajstić information content (AvgIpc) is 2.70. The van der Waals surface area contributed by atoms with Crippen molar-refractivity contribution in [1.82, 2.24) is 4.98 Å². The van der Waals surface area contributed by atoms with Gasteiger partial charge in [-0.2, -0.15) is 0 Å². The highest BCUT2D eigenvalue weighted by molar-refractivity contribution is 6.31. The minimum Gasteiger partial charge on any atom is -0.481 e. The average molecular weight is 381 g/mol. The maximum atomic E-state index is 13.1. The van der Waals surface area contributed by atoms with E-state index in [-0.39, 0.29) is 5.91 Å². The molecule has 3 rings (SSSR count). The fourth-order valence-electron chi connectivity index (χ4n) is 2.72. The predicted molar refractivity (Wildman–Crippen MR) is 108 cm³/mol. The number of ether oxygens (including phenoxy) is 1. The van der Waals surface area contributed by atoms with Crippen molar-refractivity contribution in [2.24, 2.45) is 0 Å². The van der Waals surface area contributed by atoms with Crippen molar-refractivity contribution in [2.75, 3.05) is 4.90 Å². The maximum absolute atomic E-state index is 13.1. The van der Waals surface area contributed by atoms with Crippen molar-refractivity contribution in [3.63, 3.8) is 0 Å². The number of carbonyl (C=O) groups is 1. The molecule has 3 aromatic rings. The molecule has 1 aromatic heterocycles. The van der Waals surface area contributed by atoms with Crippen molar-refractivity contribution in [1.29, 1.82) is 0 Å². The zero-order valence-electron chi connectivity index (χ0n) is 15.3. The van der Waals surface area contributed by atoms with Crippen LogP contribution in [-0.2, 0) is 11.3 Å². The quantitative estimate of drug-likeness (QED) is 0.601. The lowest BCUT2D eigenvalue weighted by Crippen LogP contribution is -2.40. The largest absolute Gasteiger partial charge is 0.481 e. The normalized spacial score (nSPS) is 11.7. The second kappa shape index (κ2) is 8.69. The van der Waals surface area contributed by atoms with E-state index in [0.29, 0.717) is 23.1 Å². The van der Waals surface area contributed by atoms with Gasteiger partial charge < -0.3 is 4.74 Å². The Hall–Kier alpha value is -2.85. The molecule has 138 valence electrons. The highest BCUT2D eigenvalue weighted by atomic mass is 35.5. The number of aromatic nitrogens is 1. The van der Waals surface area contributed by atoms with Gasteiger partial charge in [0.05, 0.1) is 6.54 Å². The van der Waals surface area contributed by atoms with E-state index in [1.54, 1.807) is 30.2 Å². The third-order valence-corrected chi connectivity index (χ3v) is 4.59. The minimum atomic E-state index is -0.670. The number of amides is 1. The summed E-state index contributed by atoms with van der Waals surface area (Å²) >= 11 is 6.06. The molecule has 0 saturated carbocycles. The Balaban J connectivity index is 1.82. The van der Waals surface area contributed by atoms with Crippen LogP contribution in [0.25, 0.3) is 0 Å². The van der Waals surface area contributed by atoms with Gasteiger partial charge in [0.25, 0.3) is 5.91 Å². The number of rotatable bonds is 6. The van der Waals surface area contributed by atoms with Gasteiger partial charge in [-0.05, 0) is 55.3 Å². The molecule has 0 aliphatic rings. The van der Waals surface area contributed by atoms with Gasteiger partial charge in [0, 0.05) is 11.2 Å². The van der Waals surface area contributed by atoms with Crippen LogP contribution in [0, 0.1) is 6.92 Å². The molecular weight excluding hydrogens is 360 g/mol. The second-order valence-corrected chi connectivity index (χ2v) is 6.68. The van der Waals surface area contributed by atoms with Crippen LogP contribution in [0.3, 0.4) is 0 Å². The molecule has 0 saturated heterocycles. The monoisotopic (exact) mass is 380 g/mol. The molecule has 0 radical (unpaired) electrons. The van der Waals surface area contributed by atoms with Gasteiger partial charge in [-0.1, -0.05) is 48.0 Å². The summed E-state index contributed by atoms with van der Waals surface area (Å²) in [5.74, 6) is 1.04. The van der Waals surface area contributed by atoms with Crippen molar-refractivity contribution in [3.05, 3.63) is 89.1 Å². The van der Waals surface area contributed by atoms with Crippen molar-refractivity contribution in [3.8, 4) is 5.75 Å². The van der Waals surface area contributed by atoms with E-state index in [1.165, 1.54) is 0 Å². The Kier molecular flexibility index (Phi) is 6.09. The predicted octanol–water partition coefficient (Wildman–Crippen LogP) is 5.04. The third kappa shape index (κ3) is 4.86. The molecule has 0 bridgehead atoms. The highest BCUT2D eigenvalue weighted by Crippen LogP contribution is 2.23. The molecule has 1 unspecified atom stereocenters. The number of nitrogens with zero attached hydrogens (tertiary/aromatic N) is 2. The Morgan fingerprint density at radius 1 is 1.11 bits per heavy atom. The first kappa shape index (κ1) is 18.9. The van der Waals surface area contributed by atoms with E-state index in [0.717, 1.165) is 11.1 Å². The molecule has 2 aromatic carbocycles. The molecule has 0 aliphatic heterocycles. The van der Waals surface area contributed by atoms with Gasteiger partial charge in [-0.15, -0.1) is 0 Å². The molecule has 5 heteroatoms. The van der Waals surface area contributed by atoms with Crippen LogP contribution in [0.1, 0.15) is 18.1 Å². The minimum absolute atomic E-state index is 0.162. The number of halogens is 1. The summed E-state index contributed by atoms with van der Waals surface area (Å²) < 4.78 is 5.87. The van der Waals surface area contributed by atoms with Crippen LogP contribution in [0.4, 0.5) is 5.82 Å². The van der Waals surface area contributed by atoms with Crippen molar-refractivity contribution >= 4 is 23.3 Å². The molecule has 1 atom stereocenters. The lowest BCUT2D eigenvalue weighted by molar-refractivity contribution is -0.124. The van der Waals surface area contributed by atoms with E-state index in [9.17, 15) is 4.79 Å². The topological polar surface area (TPSA) is 42.4 Å². The van der Waals surface area contributed by atoms with Crippen LogP contribution in [0.5, 0.6) is 5.75 Å². The fourth-order valence-corrected chi connectivity index (χ4v) is 2.83. The first-order chi connectivity index (χ1) is 13.0. The molecule has 0 spiro atoms. The number of hydrogen-bond donors (Lipinski definition) is 0. The molecule has 0 fully saturated rings. The Morgan fingerprint density at radius 3 is 2.52 bits per heavy atom. The first-order valence-corrected chi connectivity index (χ1v) is 9.11. The Morgan fingerprint density at radius 2 is 1.85 bits per heavy atom. The lowest BCUT2D eigenvalue weighted by atomic mass is 10.2. The van der Waals surface area contributed by atoms with Gasteiger partial charge in [0.15, 0.2) is 6.10 Å². The molecular formula is C22H21ClN2O2. The summed E-state index contributed by atoms with van der Waals surface area (Å²) in [5, 5.41) is 0.667. The zero-order valence-corrected chi connectivity index (χ0v) is 16.1. The molecule has 1 heterocycles. The maximum Gasteiger partial charge on any atom is 0.269 e. The van der Waals surface area contributed by atoms with Gasteiger partial charge >= 0.3 is 0 Å². The SMILES string of the molecule is Cc1cc(OC(C)C(=O)N(Cc2ccccc2)c2ccccn2)ccc1Cl. The molecule has 4 nitrogen and oxygen atoms in total. The van der Waals surface area contributed by atoms with Crippen molar-refractivity contribution in [2.45, 2.75) is 26.5 Å². The molecule has 1 amide bonds. The number of anilines is 1. The number of carbonyl (C=O) groups excluding carboxylic acids is 1. The highest BCUT2D eigenvalue weighted by Gasteiger charge is 2.24. The molecule has 0 N–H and O–H groups in total. The van der Waals surface area contributed by atoms with E-state index >= 15 is 0 Å². The van der Waals surface area contributed by atoms with Crippen LogP contribution >= 0.6 is 11.6 Å². The fraction of sp³-hybridized carbons (Fsp3) is 0.182. The first-order valence-electron chi connectivity index (χ1n) is 8.74. The van der Waals surface area contributed by atoms with Gasteiger partial charge in [0.1, 0.15) is 11.6 Å². The number of pyridine rings is 1. The summed E-state index contributed by atoms with van der Waals surface area (Å²) in [6.45, 7) is 4.06. The molecule has 0 aliphatic carbocycles. The van der Waals surface area contributed by atoms with E-state index < -0.39 is 6.10 Å². The van der Waals surface area contributed by atoms with Gasteiger partial charge in [-0.25, -0.2) is 4.98 Å². The lowest BCUT2D eigenvalue weighted by Gasteiger charge is -2.25. The second-order valence-electron chi connectivity index (χ2n) is 6.27.